The zero-order chi connectivity index (χ0) is 15.2. The Balaban J connectivity index is 2.91. The molecule has 0 aliphatic rings. The summed E-state index contributed by atoms with van der Waals surface area (Å²) in [5.74, 6) is 0.0620. The fourth-order valence-electron chi connectivity index (χ4n) is 2.11. The molecule has 0 spiro atoms. The summed E-state index contributed by atoms with van der Waals surface area (Å²) in [4.78, 5) is 0. The molecule has 1 rings (SSSR count). The second-order valence-corrected chi connectivity index (χ2v) is 8.46. The zero-order valence-corrected chi connectivity index (χ0v) is 15.4. The molecule has 0 heterocycles. The normalized spacial score (nSPS) is 12.6. The van der Waals surface area contributed by atoms with Crippen LogP contribution in [0, 0.1) is 5.82 Å². The molecular weight excluding hydrogens is 411 g/mol. The molecule has 0 aromatic heterocycles. The standard InChI is InChI=1S/C14H19Br2FO2S/c1-2-20(18,19)9-5-8-14(10-15,11-16)12-6-3-4-7-13(12)17/h3-4,6-7H,2,5,8-11H2,1H3. The summed E-state index contributed by atoms with van der Waals surface area (Å²) < 4.78 is 37.2. The Kier molecular flexibility index (Phi) is 7.15. The van der Waals surface area contributed by atoms with Gasteiger partial charge < -0.3 is 0 Å². The number of halogens is 3. The lowest BCUT2D eigenvalue weighted by atomic mass is 9.80. The van der Waals surface area contributed by atoms with Crippen LogP contribution in [0.4, 0.5) is 4.39 Å². The summed E-state index contributed by atoms with van der Waals surface area (Å²) in [6.07, 6.45) is 1.14. The van der Waals surface area contributed by atoms with Crippen LogP contribution in [0.3, 0.4) is 0 Å². The lowest BCUT2D eigenvalue weighted by molar-refractivity contribution is 0.464. The molecular formula is C14H19Br2FO2S. The fraction of sp³-hybridized carbons (Fsp3) is 0.571. The highest BCUT2D eigenvalue weighted by atomic mass is 79.9. The monoisotopic (exact) mass is 428 g/mol. The molecule has 6 heteroatoms. The first-order chi connectivity index (χ1) is 9.40. The van der Waals surface area contributed by atoms with Gasteiger partial charge in [-0.3, -0.25) is 0 Å². The van der Waals surface area contributed by atoms with Gasteiger partial charge in [-0.1, -0.05) is 57.0 Å². The van der Waals surface area contributed by atoms with Crippen LogP contribution in [0.15, 0.2) is 24.3 Å². The number of rotatable bonds is 8. The van der Waals surface area contributed by atoms with Crippen molar-refractivity contribution in [2.75, 3.05) is 22.2 Å². The van der Waals surface area contributed by atoms with Gasteiger partial charge in [-0.2, -0.15) is 0 Å². The van der Waals surface area contributed by atoms with Crippen molar-refractivity contribution in [3.63, 3.8) is 0 Å². The molecule has 0 saturated carbocycles. The molecule has 20 heavy (non-hydrogen) atoms. The van der Waals surface area contributed by atoms with E-state index in [0.29, 0.717) is 29.1 Å². The van der Waals surface area contributed by atoms with E-state index in [4.69, 9.17) is 0 Å². The van der Waals surface area contributed by atoms with E-state index >= 15 is 0 Å². The lowest BCUT2D eigenvalue weighted by Crippen LogP contribution is -2.32. The Morgan fingerprint density at radius 3 is 2.30 bits per heavy atom. The van der Waals surface area contributed by atoms with Gasteiger partial charge in [0, 0.05) is 21.8 Å². The van der Waals surface area contributed by atoms with Crippen LogP contribution in [-0.4, -0.2) is 30.6 Å². The van der Waals surface area contributed by atoms with Gasteiger partial charge in [0.2, 0.25) is 0 Å². The molecule has 2 nitrogen and oxygen atoms in total. The van der Waals surface area contributed by atoms with Crippen LogP contribution < -0.4 is 0 Å². The van der Waals surface area contributed by atoms with Crippen molar-refractivity contribution >= 4 is 41.7 Å². The predicted molar refractivity (Wildman–Crippen MR) is 89.2 cm³/mol. The minimum absolute atomic E-state index is 0.152. The van der Waals surface area contributed by atoms with Crippen molar-refractivity contribution < 1.29 is 12.8 Å². The molecule has 0 amide bonds. The largest absolute Gasteiger partial charge is 0.229 e. The van der Waals surface area contributed by atoms with Gasteiger partial charge in [0.15, 0.2) is 0 Å². The lowest BCUT2D eigenvalue weighted by Gasteiger charge is -2.31. The Labute approximate surface area is 137 Å². The Hall–Kier alpha value is 0.0600. The Bertz CT molecular complexity index is 528. The molecule has 0 radical (unpaired) electrons. The van der Waals surface area contributed by atoms with Crippen LogP contribution in [0.25, 0.3) is 0 Å². The summed E-state index contributed by atoms with van der Waals surface area (Å²) in [6.45, 7) is 1.65. The van der Waals surface area contributed by atoms with E-state index < -0.39 is 15.3 Å². The maximum Gasteiger partial charge on any atom is 0.150 e. The van der Waals surface area contributed by atoms with Crippen molar-refractivity contribution in [1.29, 1.82) is 0 Å². The summed E-state index contributed by atoms with van der Waals surface area (Å²) in [5, 5.41) is 1.16. The molecule has 0 unspecified atom stereocenters. The van der Waals surface area contributed by atoms with Gasteiger partial charge in [0.1, 0.15) is 15.7 Å². The van der Waals surface area contributed by atoms with Crippen molar-refractivity contribution in [2.24, 2.45) is 0 Å². The first-order valence-corrected chi connectivity index (χ1v) is 10.5. The van der Waals surface area contributed by atoms with Gasteiger partial charge in [0.25, 0.3) is 0 Å². The molecule has 1 aromatic rings. The molecule has 0 fully saturated rings. The van der Waals surface area contributed by atoms with Crippen molar-refractivity contribution in [2.45, 2.75) is 25.2 Å². The highest BCUT2D eigenvalue weighted by Gasteiger charge is 2.32. The molecule has 0 aliphatic heterocycles. The molecule has 114 valence electrons. The van der Waals surface area contributed by atoms with Crippen LogP contribution in [-0.2, 0) is 15.3 Å². The summed E-state index contributed by atoms with van der Waals surface area (Å²) in [6, 6.07) is 6.68. The molecule has 0 N–H and O–H groups in total. The van der Waals surface area contributed by atoms with Crippen molar-refractivity contribution in [3.05, 3.63) is 35.6 Å². The minimum atomic E-state index is -2.98. The third-order valence-electron chi connectivity index (χ3n) is 3.51. The van der Waals surface area contributed by atoms with Gasteiger partial charge in [-0.05, 0) is 24.5 Å². The van der Waals surface area contributed by atoms with E-state index in [1.165, 1.54) is 6.07 Å². The first kappa shape index (κ1) is 18.1. The SMILES string of the molecule is CCS(=O)(=O)CCCC(CBr)(CBr)c1ccccc1F. The predicted octanol–water partition coefficient (Wildman–Crippen LogP) is 4.07. The molecule has 0 bridgehead atoms. The zero-order valence-electron chi connectivity index (χ0n) is 11.4. The van der Waals surface area contributed by atoms with E-state index in [9.17, 15) is 12.8 Å². The smallest absolute Gasteiger partial charge is 0.150 e. The quantitative estimate of drug-likeness (QED) is 0.583. The third kappa shape index (κ3) is 4.53. The van der Waals surface area contributed by atoms with E-state index in [0.717, 1.165) is 0 Å². The second-order valence-electron chi connectivity index (χ2n) is 4.87. The van der Waals surface area contributed by atoms with Gasteiger partial charge in [-0.25, -0.2) is 12.8 Å². The van der Waals surface area contributed by atoms with E-state index in [1.54, 1.807) is 25.1 Å². The summed E-state index contributed by atoms with van der Waals surface area (Å²) in [7, 11) is -2.98. The van der Waals surface area contributed by atoms with Gasteiger partial charge in [-0.15, -0.1) is 0 Å². The minimum Gasteiger partial charge on any atom is -0.229 e. The maximum atomic E-state index is 14.0. The van der Waals surface area contributed by atoms with E-state index in [1.807, 2.05) is 0 Å². The number of alkyl halides is 2. The van der Waals surface area contributed by atoms with Crippen LogP contribution in [0.1, 0.15) is 25.3 Å². The number of benzene rings is 1. The third-order valence-corrected chi connectivity index (χ3v) is 7.44. The Morgan fingerprint density at radius 2 is 1.80 bits per heavy atom. The summed E-state index contributed by atoms with van der Waals surface area (Å²) >= 11 is 6.91. The highest BCUT2D eigenvalue weighted by Crippen LogP contribution is 2.35. The van der Waals surface area contributed by atoms with Crippen molar-refractivity contribution in [1.82, 2.24) is 0 Å². The molecule has 0 saturated heterocycles. The second kappa shape index (κ2) is 7.90. The number of hydrogen-bond donors (Lipinski definition) is 0. The van der Waals surface area contributed by atoms with Crippen LogP contribution in [0.2, 0.25) is 0 Å². The maximum absolute atomic E-state index is 14.0. The Morgan fingerprint density at radius 1 is 1.20 bits per heavy atom. The molecule has 0 aliphatic carbocycles. The number of hydrogen-bond acceptors (Lipinski definition) is 2. The van der Waals surface area contributed by atoms with Gasteiger partial charge >= 0.3 is 0 Å². The average molecular weight is 430 g/mol. The van der Waals surface area contributed by atoms with Crippen LogP contribution in [0.5, 0.6) is 0 Å². The van der Waals surface area contributed by atoms with Crippen LogP contribution >= 0.6 is 31.9 Å². The topological polar surface area (TPSA) is 34.1 Å². The average Bonchev–Trinajstić information content (AvgIpc) is 2.45. The summed E-state index contributed by atoms with van der Waals surface area (Å²) in [5.41, 5.74) is 0.205. The number of sulfone groups is 1. The molecule has 1 aromatic carbocycles. The van der Waals surface area contributed by atoms with E-state index in [2.05, 4.69) is 31.9 Å². The fourth-order valence-corrected chi connectivity index (χ4v) is 5.08. The first-order valence-electron chi connectivity index (χ1n) is 6.48. The van der Waals surface area contributed by atoms with Gasteiger partial charge in [0.05, 0.1) is 5.75 Å². The highest BCUT2D eigenvalue weighted by molar-refractivity contribution is 9.09. The van der Waals surface area contributed by atoms with E-state index in [-0.39, 0.29) is 17.3 Å². The van der Waals surface area contributed by atoms with Crippen molar-refractivity contribution in [3.8, 4) is 0 Å². The molecule has 0 atom stereocenters.